The summed E-state index contributed by atoms with van der Waals surface area (Å²) in [7, 11) is 9.95. The number of rotatable bonds is 6. The largest absolute Gasteiger partial charge is 0.378 e. The molecule has 0 aliphatic heterocycles. The summed E-state index contributed by atoms with van der Waals surface area (Å²) in [6.45, 7) is 5.88. The fourth-order valence-corrected chi connectivity index (χ4v) is 2.97. The molecule has 7 heteroatoms. The fourth-order valence-electron chi connectivity index (χ4n) is 2.97. The van der Waals surface area contributed by atoms with E-state index in [2.05, 4.69) is 76.6 Å². The van der Waals surface area contributed by atoms with Crippen LogP contribution < -0.4 is 10.2 Å². The molecule has 0 atom stereocenters. The topological polar surface area (TPSA) is 48.7 Å². The summed E-state index contributed by atoms with van der Waals surface area (Å²) in [5, 5.41) is 8.04. The Hall–Kier alpha value is -1.77. The van der Waals surface area contributed by atoms with Crippen LogP contribution in [0.3, 0.4) is 0 Å². The highest BCUT2D eigenvalue weighted by molar-refractivity contribution is 14.0. The summed E-state index contributed by atoms with van der Waals surface area (Å²) in [4.78, 5) is 8.66. The molecule has 1 N–H and O–H groups in total. The predicted octanol–water partition coefficient (Wildman–Crippen LogP) is 3.43. The first kappa shape index (κ1) is 23.3. The van der Waals surface area contributed by atoms with Gasteiger partial charge in [-0.2, -0.15) is 5.10 Å². The second kappa shape index (κ2) is 10.5. The zero-order valence-electron chi connectivity index (χ0n) is 17.5. The van der Waals surface area contributed by atoms with Crippen molar-refractivity contribution in [3.63, 3.8) is 0 Å². The number of aryl methyl sites for hydroxylation is 1. The molecule has 0 aliphatic rings. The standard InChI is InChI=1S/C20H32N6.HI/c1-15(2)19-17(14-26(7)23-19)13-25(6)20(21-3)22-12-16-8-10-18(11-9-16)24(4)5;/h8-11,14-15H,12-13H2,1-7H3,(H,21,22);1H. The SMILES string of the molecule is CN=C(NCc1ccc(N(C)C)cc1)N(C)Cc1cn(C)nc1C(C)C.I. The van der Waals surface area contributed by atoms with Gasteiger partial charge in [-0.3, -0.25) is 9.67 Å². The van der Waals surface area contributed by atoms with Crippen LogP contribution in [0.1, 0.15) is 36.6 Å². The van der Waals surface area contributed by atoms with E-state index in [9.17, 15) is 0 Å². The second-order valence-electron chi connectivity index (χ2n) is 7.19. The maximum Gasteiger partial charge on any atom is 0.193 e. The third-order valence-electron chi connectivity index (χ3n) is 4.37. The van der Waals surface area contributed by atoms with Gasteiger partial charge < -0.3 is 15.1 Å². The first-order valence-electron chi connectivity index (χ1n) is 9.02. The Morgan fingerprint density at radius 3 is 2.33 bits per heavy atom. The quantitative estimate of drug-likeness (QED) is 0.388. The minimum Gasteiger partial charge on any atom is -0.378 e. The summed E-state index contributed by atoms with van der Waals surface area (Å²) in [5.74, 6) is 1.28. The summed E-state index contributed by atoms with van der Waals surface area (Å²) in [5.41, 5.74) is 4.82. The van der Waals surface area contributed by atoms with Gasteiger partial charge in [0.1, 0.15) is 0 Å². The van der Waals surface area contributed by atoms with Gasteiger partial charge in [0, 0.05) is 65.8 Å². The van der Waals surface area contributed by atoms with Crippen LogP contribution in [0.2, 0.25) is 0 Å². The van der Waals surface area contributed by atoms with E-state index in [0.717, 1.165) is 24.7 Å². The highest BCUT2D eigenvalue weighted by Crippen LogP contribution is 2.18. The highest BCUT2D eigenvalue weighted by atomic mass is 127. The number of anilines is 1. The molecule has 0 aliphatic carbocycles. The van der Waals surface area contributed by atoms with Crippen molar-refractivity contribution in [2.75, 3.05) is 33.1 Å². The third-order valence-corrected chi connectivity index (χ3v) is 4.37. The average molecular weight is 484 g/mol. The van der Waals surface area contributed by atoms with E-state index in [1.54, 1.807) is 0 Å². The molecule has 6 nitrogen and oxygen atoms in total. The Morgan fingerprint density at radius 2 is 1.81 bits per heavy atom. The minimum absolute atomic E-state index is 0. The molecule has 0 spiro atoms. The monoisotopic (exact) mass is 484 g/mol. The molecular weight excluding hydrogens is 451 g/mol. The zero-order chi connectivity index (χ0) is 19.3. The molecule has 0 bridgehead atoms. The highest BCUT2D eigenvalue weighted by Gasteiger charge is 2.15. The van der Waals surface area contributed by atoms with Gasteiger partial charge >= 0.3 is 0 Å². The molecule has 0 unspecified atom stereocenters. The summed E-state index contributed by atoms with van der Waals surface area (Å²) >= 11 is 0. The molecule has 2 rings (SSSR count). The lowest BCUT2D eigenvalue weighted by Crippen LogP contribution is -2.38. The number of halogens is 1. The van der Waals surface area contributed by atoms with Gasteiger partial charge in [-0.1, -0.05) is 26.0 Å². The van der Waals surface area contributed by atoms with Crippen LogP contribution >= 0.6 is 24.0 Å². The predicted molar refractivity (Wildman–Crippen MR) is 125 cm³/mol. The summed E-state index contributed by atoms with van der Waals surface area (Å²) in [6.07, 6.45) is 2.10. The van der Waals surface area contributed by atoms with E-state index in [-0.39, 0.29) is 24.0 Å². The molecule has 1 heterocycles. The van der Waals surface area contributed by atoms with E-state index in [4.69, 9.17) is 0 Å². The number of aliphatic imine (C=N–C) groups is 1. The molecule has 0 saturated carbocycles. The molecule has 0 fully saturated rings. The van der Waals surface area contributed by atoms with E-state index < -0.39 is 0 Å². The van der Waals surface area contributed by atoms with Crippen LogP contribution in [0.25, 0.3) is 0 Å². The first-order valence-corrected chi connectivity index (χ1v) is 9.02. The van der Waals surface area contributed by atoms with Crippen molar-refractivity contribution >= 4 is 35.6 Å². The first-order chi connectivity index (χ1) is 12.3. The molecule has 0 radical (unpaired) electrons. The van der Waals surface area contributed by atoms with Crippen LogP contribution in [-0.2, 0) is 20.1 Å². The van der Waals surface area contributed by atoms with Crippen LogP contribution in [-0.4, -0.2) is 48.8 Å². The van der Waals surface area contributed by atoms with Crippen LogP contribution in [0.4, 0.5) is 5.69 Å². The number of aromatic nitrogens is 2. The van der Waals surface area contributed by atoms with Gasteiger partial charge in [-0.05, 0) is 23.6 Å². The fraction of sp³-hybridized carbons (Fsp3) is 0.500. The molecule has 1 aromatic carbocycles. The number of guanidine groups is 1. The van der Waals surface area contributed by atoms with Gasteiger partial charge in [-0.25, -0.2) is 0 Å². The van der Waals surface area contributed by atoms with E-state index in [1.807, 2.05) is 32.9 Å². The number of hydrogen-bond acceptors (Lipinski definition) is 3. The van der Waals surface area contributed by atoms with Gasteiger partial charge in [0.2, 0.25) is 0 Å². The van der Waals surface area contributed by atoms with Gasteiger partial charge in [0.05, 0.1) is 5.69 Å². The summed E-state index contributed by atoms with van der Waals surface area (Å²) in [6, 6.07) is 8.56. The number of nitrogens with zero attached hydrogens (tertiary/aromatic N) is 5. The van der Waals surface area contributed by atoms with Crippen molar-refractivity contribution in [2.45, 2.75) is 32.9 Å². The van der Waals surface area contributed by atoms with Gasteiger partial charge in [0.15, 0.2) is 5.96 Å². The van der Waals surface area contributed by atoms with E-state index in [1.165, 1.54) is 16.8 Å². The maximum atomic E-state index is 4.59. The smallest absolute Gasteiger partial charge is 0.193 e. The van der Waals surface area contributed by atoms with Gasteiger partial charge in [0.25, 0.3) is 0 Å². The van der Waals surface area contributed by atoms with Crippen molar-refractivity contribution in [3.8, 4) is 0 Å². The number of benzene rings is 1. The molecule has 150 valence electrons. The second-order valence-corrected chi connectivity index (χ2v) is 7.19. The minimum atomic E-state index is 0. The maximum absolute atomic E-state index is 4.59. The lowest BCUT2D eigenvalue weighted by molar-refractivity contribution is 0.473. The molecule has 27 heavy (non-hydrogen) atoms. The van der Waals surface area contributed by atoms with E-state index >= 15 is 0 Å². The Bertz CT molecular complexity index is 733. The third kappa shape index (κ3) is 6.41. The Morgan fingerprint density at radius 1 is 1.19 bits per heavy atom. The normalized spacial score (nSPS) is 11.3. The van der Waals surface area contributed by atoms with Crippen molar-refractivity contribution < 1.29 is 0 Å². The molecule has 0 amide bonds. The molecule has 1 aromatic heterocycles. The Kier molecular flexibility index (Phi) is 9.08. The summed E-state index contributed by atoms with van der Waals surface area (Å²) < 4.78 is 1.89. The van der Waals surface area contributed by atoms with Crippen LogP contribution in [0.15, 0.2) is 35.5 Å². The average Bonchev–Trinajstić information content (AvgIpc) is 2.96. The van der Waals surface area contributed by atoms with Crippen molar-refractivity contribution in [1.29, 1.82) is 0 Å². The number of hydrogen-bond donors (Lipinski definition) is 1. The molecular formula is C20H33IN6. The Balaban J connectivity index is 0.00000364. The molecule has 2 aromatic rings. The van der Waals surface area contributed by atoms with E-state index in [0.29, 0.717) is 5.92 Å². The van der Waals surface area contributed by atoms with Crippen molar-refractivity contribution in [3.05, 3.63) is 47.3 Å². The lowest BCUT2D eigenvalue weighted by Gasteiger charge is -2.22. The zero-order valence-corrected chi connectivity index (χ0v) is 19.9. The van der Waals surface area contributed by atoms with Crippen molar-refractivity contribution in [2.24, 2.45) is 12.0 Å². The van der Waals surface area contributed by atoms with Crippen LogP contribution in [0.5, 0.6) is 0 Å². The Labute approximate surface area is 180 Å². The van der Waals surface area contributed by atoms with Gasteiger partial charge in [-0.15, -0.1) is 24.0 Å². The van der Waals surface area contributed by atoms with Crippen molar-refractivity contribution in [1.82, 2.24) is 20.0 Å². The lowest BCUT2D eigenvalue weighted by atomic mass is 10.1. The number of nitrogens with one attached hydrogen (secondary N) is 1. The molecule has 0 saturated heterocycles. The van der Waals surface area contributed by atoms with Crippen LogP contribution in [0, 0.1) is 0 Å².